The lowest BCUT2D eigenvalue weighted by atomic mass is 9.92. The first-order valence-electron chi connectivity index (χ1n) is 6.41. The van der Waals surface area contributed by atoms with E-state index in [0.29, 0.717) is 5.92 Å². The van der Waals surface area contributed by atoms with Gasteiger partial charge in [0.1, 0.15) is 0 Å². The summed E-state index contributed by atoms with van der Waals surface area (Å²) in [6.07, 6.45) is 2.09. The first kappa shape index (κ1) is 13.7. The number of nitrogens with one attached hydrogen (secondary N) is 1. The molecule has 0 amide bonds. The van der Waals surface area contributed by atoms with Gasteiger partial charge in [-0.05, 0) is 50.9 Å². The van der Waals surface area contributed by atoms with Crippen LogP contribution in [-0.2, 0) is 0 Å². The van der Waals surface area contributed by atoms with Gasteiger partial charge < -0.3 is 10.4 Å². The molecule has 0 saturated carbocycles. The van der Waals surface area contributed by atoms with Crippen LogP contribution in [0.15, 0.2) is 12.2 Å². The van der Waals surface area contributed by atoms with Crippen LogP contribution in [0.5, 0.6) is 0 Å². The first-order valence-corrected chi connectivity index (χ1v) is 6.41. The summed E-state index contributed by atoms with van der Waals surface area (Å²) < 4.78 is 0. The third-order valence-corrected chi connectivity index (χ3v) is 3.39. The monoisotopic (exact) mass is 226 g/mol. The van der Waals surface area contributed by atoms with Gasteiger partial charge in [-0.15, -0.1) is 0 Å². The second-order valence-corrected chi connectivity index (χ2v) is 4.88. The van der Waals surface area contributed by atoms with Crippen molar-refractivity contribution in [2.75, 3.05) is 32.7 Å². The molecule has 0 aromatic heterocycles. The van der Waals surface area contributed by atoms with E-state index in [9.17, 15) is 5.11 Å². The average molecular weight is 226 g/mol. The van der Waals surface area contributed by atoms with Gasteiger partial charge in [-0.1, -0.05) is 13.5 Å². The first-order chi connectivity index (χ1) is 7.63. The normalized spacial score (nSPS) is 20.9. The highest BCUT2D eigenvalue weighted by Gasteiger charge is 2.22. The van der Waals surface area contributed by atoms with Crippen LogP contribution in [0.1, 0.15) is 26.7 Å². The average Bonchev–Trinajstić information content (AvgIpc) is 2.27. The summed E-state index contributed by atoms with van der Waals surface area (Å²) in [6.45, 7) is 13.2. The van der Waals surface area contributed by atoms with Gasteiger partial charge in [0.05, 0.1) is 6.10 Å². The predicted octanol–water partition coefficient (Wildman–Crippen LogP) is 1.24. The molecule has 1 saturated heterocycles. The van der Waals surface area contributed by atoms with Crippen molar-refractivity contribution in [3.63, 3.8) is 0 Å². The third kappa shape index (κ3) is 4.64. The van der Waals surface area contributed by atoms with E-state index in [2.05, 4.69) is 23.7 Å². The molecule has 0 spiro atoms. The number of nitrogens with zero attached hydrogens (tertiary/aromatic N) is 1. The van der Waals surface area contributed by atoms with Crippen molar-refractivity contribution in [2.24, 2.45) is 5.92 Å². The molecule has 3 heteroatoms. The van der Waals surface area contributed by atoms with Gasteiger partial charge in [-0.3, -0.25) is 4.90 Å². The van der Waals surface area contributed by atoms with Crippen LogP contribution in [0.2, 0.25) is 0 Å². The number of likely N-dealkylation sites (tertiary alicyclic amines) is 1. The van der Waals surface area contributed by atoms with Crippen molar-refractivity contribution < 1.29 is 5.11 Å². The molecule has 1 heterocycles. The fourth-order valence-corrected chi connectivity index (χ4v) is 2.27. The predicted molar refractivity (Wildman–Crippen MR) is 68.5 cm³/mol. The minimum absolute atomic E-state index is 0.146. The van der Waals surface area contributed by atoms with Gasteiger partial charge in [-0.2, -0.15) is 0 Å². The van der Waals surface area contributed by atoms with Crippen LogP contribution in [-0.4, -0.2) is 48.8 Å². The van der Waals surface area contributed by atoms with E-state index in [0.717, 1.165) is 45.6 Å². The Labute approximate surface area is 99.5 Å². The molecule has 1 aliphatic rings. The lowest BCUT2D eigenvalue weighted by molar-refractivity contribution is 0.0747. The molecular weight excluding hydrogens is 200 g/mol. The minimum atomic E-state index is -0.146. The van der Waals surface area contributed by atoms with E-state index in [1.165, 1.54) is 5.57 Å². The summed E-state index contributed by atoms with van der Waals surface area (Å²) in [4.78, 5) is 2.44. The maximum atomic E-state index is 9.52. The van der Waals surface area contributed by atoms with E-state index >= 15 is 0 Å². The van der Waals surface area contributed by atoms with Gasteiger partial charge in [-0.25, -0.2) is 0 Å². The summed E-state index contributed by atoms with van der Waals surface area (Å²) in [7, 11) is 0. The molecule has 16 heavy (non-hydrogen) atoms. The van der Waals surface area contributed by atoms with Crippen LogP contribution in [0, 0.1) is 5.92 Å². The number of aliphatic hydroxyl groups is 1. The third-order valence-electron chi connectivity index (χ3n) is 3.39. The van der Waals surface area contributed by atoms with Gasteiger partial charge in [0.2, 0.25) is 0 Å². The topological polar surface area (TPSA) is 35.5 Å². The van der Waals surface area contributed by atoms with Gasteiger partial charge in [0.15, 0.2) is 0 Å². The van der Waals surface area contributed by atoms with Gasteiger partial charge >= 0.3 is 0 Å². The fraction of sp³-hybridized carbons (Fsp3) is 0.846. The molecule has 1 atom stereocenters. The molecule has 1 fully saturated rings. The quantitative estimate of drug-likeness (QED) is 0.669. The SMILES string of the molecule is C=C(CNCC)CN1CCC(C(C)O)CC1. The highest BCUT2D eigenvalue weighted by atomic mass is 16.3. The summed E-state index contributed by atoms with van der Waals surface area (Å²) >= 11 is 0. The molecule has 0 bridgehead atoms. The number of likely N-dealkylation sites (N-methyl/N-ethyl adjacent to an activating group) is 1. The highest BCUT2D eigenvalue weighted by Crippen LogP contribution is 2.20. The molecule has 1 unspecified atom stereocenters. The molecule has 1 aliphatic heterocycles. The van der Waals surface area contributed by atoms with E-state index in [1.54, 1.807) is 0 Å². The molecule has 3 nitrogen and oxygen atoms in total. The van der Waals surface area contributed by atoms with E-state index in [-0.39, 0.29) is 6.10 Å². The number of piperidine rings is 1. The molecular formula is C13H26N2O. The Morgan fingerprint density at radius 3 is 2.62 bits per heavy atom. The largest absolute Gasteiger partial charge is 0.393 e. The van der Waals surface area contributed by atoms with E-state index in [1.807, 2.05) is 6.92 Å². The van der Waals surface area contributed by atoms with Crippen LogP contribution in [0.25, 0.3) is 0 Å². The summed E-state index contributed by atoms with van der Waals surface area (Å²) in [6, 6.07) is 0. The molecule has 0 aliphatic carbocycles. The number of rotatable bonds is 6. The molecule has 1 rings (SSSR count). The molecule has 94 valence electrons. The Kier molecular flexibility index (Phi) is 6.03. The molecule has 0 aromatic rings. The van der Waals surface area contributed by atoms with E-state index < -0.39 is 0 Å². The fourth-order valence-electron chi connectivity index (χ4n) is 2.27. The molecule has 2 N–H and O–H groups in total. The second-order valence-electron chi connectivity index (χ2n) is 4.88. The van der Waals surface area contributed by atoms with Gasteiger partial charge in [0.25, 0.3) is 0 Å². The van der Waals surface area contributed by atoms with Crippen molar-refractivity contribution >= 4 is 0 Å². The van der Waals surface area contributed by atoms with Crippen molar-refractivity contribution in [3.8, 4) is 0 Å². The molecule has 0 aromatic carbocycles. The second kappa shape index (κ2) is 7.05. The summed E-state index contributed by atoms with van der Waals surface area (Å²) in [5.74, 6) is 0.498. The van der Waals surface area contributed by atoms with Crippen molar-refractivity contribution in [2.45, 2.75) is 32.8 Å². The summed E-state index contributed by atoms with van der Waals surface area (Å²) in [5, 5.41) is 12.8. The lowest BCUT2D eigenvalue weighted by Gasteiger charge is -2.33. The van der Waals surface area contributed by atoms with Crippen molar-refractivity contribution in [3.05, 3.63) is 12.2 Å². The zero-order chi connectivity index (χ0) is 12.0. The van der Waals surface area contributed by atoms with Crippen LogP contribution < -0.4 is 5.32 Å². The Bertz CT molecular complexity index is 208. The zero-order valence-corrected chi connectivity index (χ0v) is 10.7. The summed E-state index contributed by atoms with van der Waals surface area (Å²) in [5.41, 5.74) is 1.26. The van der Waals surface area contributed by atoms with Crippen molar-refractivity contribution in [1.82, 2.24) is 10.2 Å². The maximum Gasteiger partial charge on any atom is 0.0541 e. The molecule has 0 radical (unpaired) electrons. The Balaban J connectivity index is 2.19. The smallest absolute Gasteiger partial charge is 0.0541 e. The Hall–Kier alpha value is -0.380. The Morgan fingerprint density at radius 1 is 1.50 bits per heavy atom. The van der Waals surface area contributed by atoms with Gasteiger partial charge in [0, 0.05) is 13.1 Å². The maximum absolute atomic E-state index is 9.52. The Morgan fingerprint density at radius 2 is 2.12 bits per heavy atom. The standard InChI is InChI=1S/C13H26N2O/c1-4-14-9-11(2)10-15-7-5-13(6-8-15)12(3)16/h12-14,16H,2,4-10H2,1,3H3. The number of aliphatic hydroxyl groups excluding tert-OH is 1. The minimum Gasteiger partial charge on any atom is -0.393 e. The lowest BCUT2D eigenvalue weighted by Crippen LogP contribution is -2.38. The van der Waals surface area contributed by atoms with Crippen LogP contribution >= 0.6 is 0 Å². The van der Waals surface area contributed by atoms with E-state index in [4.69, 9.17) is 0 Å². The van der Waals surface area contributed by atoms with Crippen LogP contribution in [0.3, 0.4) is 0 Å². The number of hydrogen-bond acceptors (Lipinski definition) is 3. The number of hydrogen-bond donors (Lipinski definition) is 2. The zero-order valence-electron chi connectivity index (χ0n) is 10.7. The van der Waals surface area contributed by atoms with Crippen LogP contribution in [0.4, 0.5) is 0 Å². The van der Waals surface area contributed by atoms with Crippen molar-refractivity contribution in [1.29, 1.82) is 0 Å². The highest BCUT2D eigenvalue weighted by molar-refractivity contribution is 5.00.